The highest BCUT2D eigenvalue weighted by molar-refractivity contribution is 5.88. The van der Waals surface area contributed by atoms with E-state index in [1.807, 2.05) is 46.8 Å². The number of aryl methyl sites for hydroxylation is 2. The number of hydrogen-bond donors (Lipinski definition) is 1. The fraction of sp³-hybridized carbons (Fsp3) is 0.440. The summed E-state index contributed by atoms with van der Waals surface area (Å²) in [7, 11) is 0. The number of carbonyl (C=O) groups is 2. The van der Waals surface area contributed by atoms with Gasteiger partial charge in [-0.3, -0.25) is 9.59 Å². The highest BCUT2D eigenvalue weighted by Gasteiger charge is 2.29. The van der Waals surface area contributed by atoms with Gasteiger partial charge in [-0.15, -0.1) is 0 Å². The molecule has 0 aliphatic carbocycles. The molecule has 0 radical (unpaired) electrons. The average molecular weight is 413 g/mol. The van der Waals surface area contributed by atoms with Crippen molar-refractivity contribution in [2.24, 2.45) is 0 Å². The first-order valence-electron chi connectivity index (χ1n) is 10.6. The van der Waals surface area contributed by atoms with Gasteiger partial charge in [0.05, 0.1) is 6.42 Å². The number of nitrogens with one attached hydrogen (secondary N) is 1. The summed E-state index contributed by atoms with van der Waals surface area (Å²) < 4.78 is 13.3. The van der Waals surface area contributed by atoms with Gasteiger partial charge in [-0.1, -0.05) is 55.3 Å². The summed E-state index contributed by atoms with van der Waals surface area (Å²) in [5.41, 5.74) is 3.92. The van der Waals surface area contributed by atoms with Crippen LogP contribution in [0.25, 0.3) is 0 Å². The van der Waals surface area contributed by atoms with E-state index in [4.69, 9.17) is 0 Å². The second-order valence-corrected chi connectivity index (χ2v) is 8.06. The van der Waals surface area contributed by atoms with Crippen LogP contribution in [0, 0.1) is 19.7 Å². The minimum absolute atomic E-state index is 0.0359. The van der Waals surface area contributed by atoms with Crippen molar-refractivity contribution in [2.75, 3.05) is 0 Å². The molecule has 5 heteroatoms. The maximum atomic E-state index is 13.3. The SMILES string of the molecule is CC[C@H](C)NC(=O)[C@H](CC)N(Cc1ccc(F)cc1)C(=O)Cc1cc(C)cc(C)c1. The predicted molar refractivity (Wildman–Crippen MR) is 119 cm³/mol. The molecule has 0 saturated carbocycles. The predicted octanol–water partition coefficient (Wildman–Crippen LogP) is 4.71. The van der Waals surface area contributed by atoms with Crippen LogP contribution in [-0.2, 0) is 22.6 Å². The van der Waals surface area contributed by atoms with Crippen LogP contribution in [0.15, 0.2) is 42.5 Å². The first kappa shape index (κ1) is 23.6. The van der Waals surface area contributed by atoms with E-state index in [0.29, 0.717) is 6.42 Å². The van der Waals surface area contributed by atoms with E-state index in [2.05, 4.69) is 11.4 Å². The minimum atomic E-state index is -0.581. The molecule has 2 aromatic rings. The summed E-state index contributed by atoms with van der Waals surface area (Å²) in [4.78, 5) is 27.9. The van der Waals surface area contributed by atoms with Crippen molar-refractivity contribution >= 4 is 11.8 Å². The Balaban J connectivity index is 2.31. The standard InChI is InChI=1S/C25H33FN2O2/c1-6-19(5)27-25(30)23(7-2)28(16-20-8-10-22(26)11-9-20)24(29)15-21-13-17(3)12-18(4)14-21/h8-14,19,23H,6-7,15-16H2,1-5H3,(H,27,30)/t19-,23-/m0/s1. The van der Waals surface area contributed by atoms with Gasteiger partial charge in [0.15, 0.2) is 0 Å². The molecule has 2 aromatic carbocycles. The highest BCUT2D eigenvalue weighted by atomic mass is 19.1. The van der Waals surface area contributed by atoms with Crippen molar-refractivity contribution in [3.63, 3.8) is 0 Å². The highest BCUT2D eigenvalue weighted by Crippen LogP contribution is 2.17. The van der Waals surface area contributed by atoms with Crippen molar-refractivity contribution in [3.8, 4) is 0 Å². The summed E-state index contributed by atoms with van der Waals surface area (Å²) in [6.45, 7) is 10.1. The Morgan fingerprint density at radius 2 is 1.57 bits per heavy atom. The molecule has 0 unspecified atom stereocenters. The van der Waals surface area contributed by atoms with Crippen LogP contribution in [0.4, 0.5) is 4.39 Å². The molecule has 30 heavy (non-hydrogen) atoms. The van der Waals surface area contributed by atoms with Crippen molar-refractivity contribution in [1.82, 2.24) is 10.2 Å². The molecule has 1 N–H and O–H groups in total. The third-order valence-corrected chi connectivity index (χ3v) is 5.29. The number of rotatable bonds is 9. The smallest absolute Gasteiger partial charge is 0.243 e. The molecule has 0 spiro atoms. The second-order valence-electron chi connectivity index (χ2n) is 8.06. The van der Waals surface area contributed by atoms with Crippen molar-refractivity contribution in [3.05, 3.63) is 70.5 Å². The Morgan fingerprint density at radius 3 is 2.10 bits per heavy atom. The minimum Gasteiger partial charge on any atom is -0.352 e. The fourth-order valence-corrected chi connectivity index (χ4v) is 3.59. The zero-order valence-electron chi connectivity index (χ0n) is 18.7. The Hall–Kier alpha value is -2.69. The van der Waals surface area contributed by atoms with Crippen LogP contribution in [0.3, 0.4) is 0 Å². The molecule has 0 saturated heterocycles. The number of benzene rings is 2. The van der Waals surface area contributed by atoms with Crippen LogP contribution in [0.1, 0.15) is 55.9 Å². The van der Waals surface area contributed by atoms with Crippen LogP contribution in [0.2, 0.25) is 0 Å². The average Bonchev–Trinajstić information content (AvgIpc) is 2.68. The third kappa shape index (κ3) is 6.68. The summed E-state index contributed by atoms with van der Waals surface area (Å²) in [5, 5.41) is 3.00. The molecule has 0 fully saturated rings. The lowest BCUT2D eigenvalue weighted by Crippen LogP contribution is -2.51. The third-order valence-electron chi connectivity index (χ3n) is 5.29. The van der Waals surface area contributed by atoms with Crippen LogP contribution < -0.4 is 5.32 Å². The molecule has 4 nitrogen and oxygen atoms in total. The zero-order chi connectivity index (χ0) is 22.3. The van der Waals surface area contributed by atoms with Gasteiger partial charge in [0.25, 0.3) is 0 Å². The Bertz CT molecular complexity index is 844. The van der Waals surface area contributed by atoms with Gasteiger partial charge in [0.1, 0.15) is 11.9 Å². The number of hydrogen-bond acceptors (Lipinski definition) is 2. The van der Waals surface area contributed by atoms with Gasteiger partial charge in [0, 0.05) is 12.6 Å². The Kier molecular flexibility index (Phi) is 8.58. The summed E-state index contributed by atoms with van der Waals surface area (Å²) in [6.07, 6.45) is 1.54. The summed E-state index contributed by atoms with van der Waals surface area (Å²) in [6, 6.07) is 11.6. The maximum absolute atomic E-state index is 13.3. The van der Waals surface area contributed by atoms with E-state index in [9.17, 15) is 14.0 Å². The van der Waals surface area contributed by atoms with Gasteiger partial charge in [-0.05, 0) is 56.9 Å². The molecule has 0 heterocycles. The van der Waals surface area contributed by atoms with E-state index < -0.39 is 6.04 Å². The number of carbonyl (C=O) groups excluding carboxylic acids is 2. The van der Waals surface area contributed by atoms with Gasteiger partial charge in [0.2, 0.25) is 11.8 Å². The van der Waals surface area contributed by atoms with Gasteiger partial charge < -0.3 is 10.2 Å². The van der Waals surface area contributed by atoms with Crippen molar-refractivity contribution in [1.29, 1.82) is 0 Å². The molecule has 2 amide bonds. The van der Waals surface area contributed by atoms with Gasteiger partial charge in [-0.2, -0.15) is 0 Å². The van der Waals surface area contributed by atoms with Crippen molar-refractivity contribution < 1.29 is 14.0 Å². The molecule has 0 bridgehead atoms. The van der Waals surface area contributed by atoms with Crippen molar-refractivity contribution in [2.45, 2.75) is 72.5 Å². The molecular formula is C25H33FN2O2. The van der Waals surface area contributed by atoms with E-state index in [1.54, 1.807) is 17.0 Å². The summed E-state index contributed by atoms with van der Waals surface area (Å²) >= 11 is 0. The number of amides is 2. The van der Waals surface area contributed by atoms with E-state index in [-0.39, 0.29) is 36.6 Å². The van der Waals surface area contributed by atoms with Gasteiger partial charge >= 0.3 is 0 Å². The quantitative estimate of drug-likeness (QED) is 0.649. The molecule has 0 aliphatic heterocycles. The largest absolute Gasteiger partial charge is 0.352 e. The molecule has 162 valence electrons. The first-order valence-corrected chi connectivity index (χ1v) is 10.6. The van der Waals surface area contributed by atoms with E-state index in [1.165, 1.54) is 12.1 Å². The molecule has 0 aliphatic rings. The number of nitrogens with zero attached hydrogens (tertiary/aromatic N) is 1. The van der Waals surface area contributed by atoms with Crippen LogP contribution >= 0.6 is 0 Å². The topological polar surface area (TPSA) is 49.4 Å². The first-order chi connectivity index (χ1) is 14.2. The second kappa shape index (κ2) is 10.9. The van der Waals surface area contributed by atoms with E-state index >= 15 is 0 Å². The fourth-order valence-electron chi connectivity index (χ4n) is 3.59. The molecule has 0 aromatic heterocycles. The summed E-state index contributed by atoms with van der Waals surface area (Å²) in [5.74, 6) is -0.591. The maximum Gasteiger partial charge on any atom is 0.243 e. The monoisotopic (exact) mass is 412 g/mol. The zero-order valence-corrected chi connectivity index (χ0v) is 18.7. The lowest BCUT2D eigenvalue weighted by molar-refractivity contribution is -0.141. The lowest BCUT2D eigenvalue weighted by Gasteiger charge is -2.31. The van der Waals surface area contributed by atoms with Gasteiger partial charge in [-0.25, -0.2) is 4.39 Å². The normalized spacial score (nSPS) is 12.9. The molecular weight excluding hydrogens is 379 g/mol. The van der Waals surface area contributed by atoms with Crippen LogP contribution in [0.5, 0.6) is 0 Å². The lowest BCUT2D eigenvalue weighted by atomic mass is 10.0. The Morgan fingerprint density at radius 1 is 0.967 bits per heavy atom. The number of halogens is 1. The Labute approximate surface area is 179 Å². The van der Waals surface area contributed by atoms with E-state index in [0.717, 1.165) is 28.7 Å². The molecule has 2 rings (SSSR count). The molecule has 2 atom stereocenters. The van der Waals surface area contributed by atoms with Crippen LogP contribution in [-0.4, -0.2) is 28.8 Å².